The van der Waals surface area contributed by atoms with Crippen LogP contribution in [0.5, 0.6) is 0 Å². The fourth-order valence-electron chi connectivity index (χ4n) is 4.40. The van der Waals surface area contributed by atoms with Crippen molar-refractivity contribution in [2.24, 2.45) is 13.0 Å². The molecule has 8 heteroatoms. The summed E-state index contributed by atoms with van der Waals surface area (Å²) in [5.41, 5.74) is 2.31. The number of aryl methyl sites for hydroxylation is 1. The number of anilines is 1. The Bertz CT molecular complexity index is 1050. The first-order valence-electron chi connectivity index (χ1n) is 10.8. The molecule has 2 aromatic rings. The lowest BCUT2D eigenvalue weighted by Gasteiger charge is -2.27. The lowest BCUT2D eigenvalue weighted by molar-refractivity contribution is -0.118. The van der Waals surface area contributed by atoms with E-state index in [0.717, 1.165) is 25.7 Å². The van der Waals surface area contributed by atoms with Gasteiger partial charge >= 0.3 is 0 Å². The largest absolute Gasteiger partial charge is 0.396 e. The molecule has 1 aromatic heterocycles. The number of aliphatic hydroxyl groups is 1. The Morgan fingerprint density at radius 2 is 1.78 bits per heavy atom. The summed E-state index contributed by atoms with van der Waals surface area (Å²) in [4.78, 5) is 38.6. The Labute approximate surface area is 187 Å². The number of ketones is 1. The van der Waals surface area contributed by atoms with E-state index in [4.69, 9.17) is 0 Å². The predicted molar refractivity (Wildman–Crippen MR) is 119 cm³/mol. The van der Waals surface area contributed by atoms with Crippen LogP contribution in [0.3, 0.4) is 0 Å². The van der Waals surface area contributed by atoms with Crippen LogP contribution in [-0.2, 0) is 11.8 Å². The van der Waals surface area contributed by atoms with Crippen LogP contribution in [0.2, 0.25) is 0 Å². The maximum Gasteiger partial charge on any atom is 0.294 e. The van der Waals surface area contributed by atoms with Crippen molar-refractivity contribution in [3.63, 3.8) is 0 Å². The number of nitrogens with one attached hydrogen (secondary N) is 2. The molecule has 1 heterocycles. The van der Waals surface area contributed by atoms with Crippen molar-refractivity contribution < 1.29 is 23.9 Å². The molecule has 1 aromatic carbocycles. The molecule has 0 bridgehead atoms. The van der Waals surface area contributed by atoms with Crippen LogP contribution >= 0.6 is 0 Å². The molecule has 0 aliphatic heterocycles. The zero-order valence-electron chi connectivity index (χ0n) is 18.9. The smallest absolute Gasteiger partial charge is 0.294 e. The normalized spacial score (nSPS) is 18.3. The third-order valence-corrected chi connectivity index (χ3v) is 6.43. The topological polar surface area (TPSA) is 100 Å². The van der Waals surface area contributed by atoms with Gasteiger partial charge in [0.05, 0.1) is 11.3 Å². The quantitative estimate of drug-likeness (QED) is 0.472. The lowest BCUT2D eigenvalue weighted by Crippen LogP contribution is -2.42. The third-order valence-electron chi connectivity index (χ3n) is 6.43. The molecule has 0 radical (unpaired) electrons. The molecule has 0 unspecified atom stereocenters. The number of hydrogen-bond donors (Lipinski definition) is 3. The zero-order valence-corrected chi connectivity index (χ0v) is 18.9. The first kappa shape index (κ1) is 23.7. The fourth-order valence-corrected chi connectivity index (χ4v) is 4.40. The first-order chi connectivity index (χ1) is 15.1. The van der Waals surface area contributed by atoms with E-state index in [1.807, 2.05) is 0 Å². The van der Waals surface area contributed by atoms with Gasteiger partial charge in [-0.15, -0.1) is 0 Å². The van der Waals surface area contributed by atoms with Crippen LogP contribution in [-0.4, -0.2) is 39.9 Å². The van der Waals surface area contributed by atoms with Crippen LogP contribution in [0.15, 0.2) is 18.2 Å². The van der Waals surface area contributed by atoms with Crippen molar-refractivity contribution in [2.45, 2.75) is 52.5 Å². The molecule has 1 saturated carbocycles. The average molecular weight is 444 g/mol. The second-order valence-electron chi connectivity index (χ2n) is 8.61. The Balaban J connectivity index is 1.77. The van der Waals surface area contributed by atoms with Crippen LogP contribution in [0.4, 0.5) is 10.1 Å². The summed E-state index contributed by atoms with van der Waals surface area (Å²) in [5.74, 6) is -1.92. The number of amides is 2. The van der Waals surface area contributed by atoms with Crippen LogP contribution in [0.25, 0.3) is 0 Å². The molecular weight excluding hydrogens is 413 g/mol. The number of halogens is 1. The van der Waals surface area contributed by atoms with E-state index in [9.17, 15) is 23.9 Å². The van der Waals surface area contributed by atoms with Crippen molar-refractivity contribution >= 4 is 23.3 Å². The second kappa shape index (κ2) is 9.65. The molecule has 3 N–H and O–H groups in total. The van der Waals surface area contributed by atoms with Gasteiger partial charge in [0.15, 0.2) is 0 Å². The predicted octanol–water partition coefficient (Wildman–Crippen LogP) is 3.19. The first-order valence-corrected chi connectivity index (χ1v) is 10.8. The standard InChI is InChI=1S/C24H30FN3O4/c1-13-11-18(9-10-19(13)25)27-23(31)20-14(2)21(28(4)15(20)3)22(30)24(32)26-17-7-5-16(12-29)6-8-17/h9-11,16-17,29H,5-8,12H2,1-4H3,(H,26,32)(H,27,31). The van der Waals surface area contributed by atoms with E-state index < -0.39 is 17.6 Å². The van der Waals surface area contributed by atoms with Crippen LogP contribution < -0.4 is 10.6 Å². The summed E-state index contributed by atoms with van der Waals surface area (Å²) in [6, 6.07) is 4.19. The minimum Gasteiger partial charge on any atom is -0.396 e. The Morgan fingerprint density at radius 1 is 1.12 bits per heavy atom. The number of aromatic nitrogens is 1. The third kappa shape index (κ3) is 4.75. The number of hydrogen-bond acceptors (Lipinski definition) is 4. The summed E-state index contributed by atoms with van der Waals surface area (Å²) < 4.78 is 15.1. The highest BCUT2D eigenvalue weighted by molar-refractivity contribution is 6.43. The molecular formula is C24H30FN3O4. The van der Waals surface area contributed by atoms with Crippen molar-refractivity contribution in [2.75, 3.05) is 11.9 Å². The molecule has 172 valence electrons. The SMILES string of the molecule is Cc1cc(NC(=O)c2c(C)c(C(=O)C(=O)NC3CCC(CO)CC3)n(C)c2C)ccc1F. The molecule has 0 saturated heterocycles. The highest BCUT2D eigenvalue weighted by Crippen LogP contribution is 2.26. The van der Waals surface area contributed by atoms with Gasteiger partial charge in [0, 0.05) is 31.1 Å². The van der Waals surface area contributed by atoms with E-state index >= 15 is 0 Å². The molecule has 7 nitrogen and oxygen atoms in total. The molecule has 32 heavy (non-hydrogen) atoms. The molecule has 1 fully saturated rings. The maximum absolute atomic E-state index is 13.5. The molecule has 2 amide bonds. The summed E-state index contributed by atoms with van der Waals surface area (Å²) in [6.45, 7) is 5.10. The second-order valence-corrected chi connectivity index (χ2v) is 8.61. The van der Waals surface area contributed by atoms with Crippen molar-refractivity contribution in [1.29, 1.82) is 0 Å². The van der Waals surface area contributed by atoms with Gasteiger partial charge in [-0.1, -0.05) is 0 Å². The van der Waals surface area contributed by atoms with Gasteiger partial charge in [-0.2, -0.15) is 0 Å². The minimum atomic E-state index is -0.692. The number of rotatable bonds is 6. The molecule has 1 aliphatic rings. The summed E-state index contributed by atoms with van der Waals surface area (Å²) in [5, 5.41) is 14.8. The minimum absolute atomic E-state index is 0.0968. The van der Waals surface area contributed by atoms with Crippen LogP contribution in [0, 0.1) is 32.5 Å². The molecule has 0 spiro atoms. The lowest BCUT2D eigenvalue weighted by atomic mass is 9.86. The van der Waals surface area contributed by atoms with Gasteiger partial charge in [-0.05, 0) is 81.7 Å². The zero-order chi connectivity index (χ0) is 23.6. The highest BCUT2D eigenvalue weighted by atomic mass is 19.1. The van der Waals surface area contributed by atoms with Gasteiger partial charge in [0.25, 0.3) is 17.6 Å². The molecule has 1 aliphatic carbocycles. The summed E-state index contributed by atoms with van der Waals surface area (Å²) in [6.07, 6.45) is 3.07. The monoisotopic (exact) mass is 443 g/mol. The van der Waals surface area contributed by atoms with Crippen LogP contribution in [0.1, 0.15) is 63.4 Å². The summed E-state index contributed by atoms with van der Waals surface area (Å²) >= 11 is 0. The average Bonchev–Trinajstić information content (AvgIpc) is 2.99. The molecule has 3 rings (SSSR count). The van der Waals surface area contributed by atoms with Gasteiger partial charge in [-0.3, -0.25) is 14.4 Å². The van der Waals surface area contributed by atoms with Gasteiger partial charge in [0.2, 0.25) is 0 Å². The van der Waals surface area contributed by atoms with E-state index in [0.29, 0.717) is 28.1 Å². The molecule has 0 atom stereocenters. The van der Waals surface area contributed by atoms with Crippen molar-refractivity contribution in [3.8, 4) is 0 Å². The number of carbonyl (C=O) groups is 3. The Morgan fingerprint density at radius 3 is 2.38 bits per heavy atom. The van der Waals surface area contributed by atoms with E-state index in [2.05, 4.69) is 10.6 Å². The Hall–Kier alpha value is -3.00. The van der Waals surface area contributed by atoms with Crippen molar-refractivity contribution in [1.82, 2.24) is 9.88 Å². The number of nitrogens with zero attached hydrogens (tertiary/aromatic N) is 1. The van der Waals surface area contributed by atoms with Gasteiger partial charge in [0.1, 0.15) is 5.82 Å². The van der Waals surface area contributed by atoms with Gasteiger partial charge < -0.3 is 20.3 Å². The fraction of sp³-hybridized carbons (Fsp3) is 0.458. The Kier molecular flexibility index (Phi) is 7.13. The van der Waals surface area contributed by atoms with Crippen molar-refractivity contribution in [3.05, 3.63) is 52.1 Å². The van der Waals surface area contributed by atoms with E-state index in [-0.39, 0.29) is 30.1 Å². The number of carbonyl (C=O) groups excluding carboxylic acids is 3. The van der Waals surface area contributed by atoms with Gasteiger partial charge in [-0.25, -0.2) is 4.39 Å². The number of Topliss-reactive ketones (excluding diaryl/α,β-unsaturated/α-hetero) is 1. The number of benzene rings is 1. The van der Waals surface area contributed by atoms with E-state index in [1.54, 1.807) is 32.4 Å². The highest BCUT2D eigenvalue weighted by Gasteiger charge is 2.30. The van der Waals surface area contributed by atoms with E-state index in [1.165, 1.54) is 18.2 Å². The summed E-state index contributed by atoms with van der Waals surface area (Å²) in [7, 11) is 1.65. The maximum atomic E-state index is 13.5. The number of aliphatic hydroxyl groups excluding tert-OH is 1.